The van der Waals surface area contributed by atoms with Crippen molar-refractivity contribution < 1.29 is 13.2 Å². The monoisotopic (exact) mass is 386 g/mol. The number of anilines is 1. The summed E-state index contributed by atoms with van der Waals surface area (Å²) in [7, 11) is -3.65. The maximum atomic E-state index is 13.2. The summed E-state index contributed by atoms with van der Waals surface area (Å²) in [6, 6.07) is 11.9. The number of nitrogens with zero attached hydrogens (tertiary/aromatic N) is 1. The standard InChI is InChI=1S/C21H26N2O3S/c1-14-6-9-18(10-7-14)27(25,26)23-15(2)12-17-13-16(8-11-19(17)23)20(24)22-21(3,4)5/h6-11,13,15H,12H2,1-5H3,(H,22,24)/t15-/m0/s1. The summed E-state index contributed by atoms with van der Waals surface area (Å²) in [6.07, 6.45) is 0.580. The number of rotatable bonds is 3. The molecule has 0 aromatic heterocycles. The van der Waals surface area contributed by atoms with Crippen LogP contribution < -0.4 is 9.62 Å². The number of aryl methyl sites for hydroxylation is 1. The number of sulfonamides is 1. The third-order valence-corrected chi connectivity index (χ3v) is 6.50. The van der Waals surface area contributed by atoms with Gasteiger partial charge in [0.05, 0.1) is 10.6 Å². The van der Waals surface area contributed by atoms with Crippen molar-refractivity contribution in [2.75, 3.05) is 4.31 Å². The van der Waals surface area contributed by atoms with E-state index in [1.54, 1.807) is 42.5 Å². The maximum absolute atomic E-state index is 13.2. The molecule has 0 bridgehead atoms. The van der Waals surface area contributed by atoms with E-state index in [9.17, 15) is 13.2 Å². The van der Waals surface area contributed by atoms with Gasteiger partial charge in [0, 0.05) is 17.1 Å². The summed E-state index contributed by atoms with van der Waals surface area (Å²) in [5, 5.41) is 2.94. The summed E-state index contributed by atoms with van der Waals surface area (Å²) in [5.41, 5.74) is 2.75. The Morgan fingerprint density at radius 3 is 2.33 bits per heavy atom. The van der Waals surface area contributed by atoms with Crippen molar-refractivity contribution in [2.45, 2.75) is 57.5 Å². The van der Waals surface area contributed by atoms with Crippen molar-refractivity contribution in [1.29, 1.82) is 0 Å². The van der Waals surface area contributed by atoms with E-state index >= 15 is 0 Å². The van der Waals surface area contributed by atoms with E-state index in [-0.39, 0.29) is 22.4 Å². The van der Waals surface area contributed by atoms with E-state index in [2.05, 4.69) is 5.32 Å². The van der Waals surface area contributed by atoms with Gasteiger partial charge in [0.25, 0.3) is 15.9 Å². The predicted molar refractivity (Wildman–Crippen MR) is 108 cm³/mol. The highest BCUT2D eigenvalue weighted by atomic mass is 32.2. The molecule has 3 rings (SSSR count). The quantitative estimate of drug-likeness (QED) is 0.875. The van der Waals surface area contributed by atoms with Gasteiger partial charge in [-0.25, -0.2) is 8.42 Å². The van der Waals surface area contributed by atoms with E-state index in [0.717, 1.165) is 11.1 Å². The Morgan fingerprint density at radius 2 is 1.74 bits per heavy atom. The van der Waals surface area contributed by atoms with Gasteiger partial charge >= 0.3 is 0 Å². The lowest BCUT2D eigenvalue weighted by atomic mass is 10.0. The molecule has 1 amide bonds. The lowest BCUT2D eigenvalue weighted by molar-refractivity contribution is 0.0919. The van der Waals surface area contributed by atoms with Gasteiger partial charge in [-0.1, -0.05) is 17.7 Å². The van der Waals surface area contributed by atoms with Gasteiger partial charge in [-0.2, -0.15) is 0 Å². The van der Waals surface area contributed by atoms with Crippen molar-refractivity contribution in [3.63, 3.8) is 0 Å². The van der Waals surface area contributed by atoms with Crippen LogP contribution >= 0.6 is 0 Å². The van der Waals surface area contributed by atoms with Gasteiger partial charge in [-0.3, -0.25) is 9.10 Å². The summed E-state index contributed by atoms with van der Waals surface area (Å²) >= 11 is 0. The SMILES string of the molecule is Cc1ccc(S(=O)(=O)N2c3ccc(C(=O)NC(C)(C)C)cc3C[C@@H]2C)cc1. The highest BCUT2D eigenvalue weighted by molar-refractivity contribution is 7.92. The van der Waals surface area contributed by atoms with E-state index in [4.69, 9.17) is 0 Å². The number of hydrogen-bond donors (Lipinski definition) is 1. The van der Waals surface area contributed by atoms with Gasteiger partial charge < -0.3 is 5.32 Å². The molecule has 1 atom stereocenters. The van der Waals surface area contributed by atoms with Crippen LogP contribution in [0.2, 0.25) is 0 Å². The van der Waals surface area contributed by atoms with Crippen LogP contribution in [0.3, 0.4) is 0 Å². The Morgan fingerprint density at radius 1 is 1.11 bits per heavy atom. The van der Waals surface area contributed by atoms with Crippen molar-refractivity contribution in [2.24, 2.45) is 0 Å². The number of benzene rings is 2. The lowest BCUT2D eigenvalue weighted by Gasteiger charge is -2.24. The molecule has 0 saturated carbocycles. The molecular formula is C21H26N2O3S. The number of carbonyl (C=O) groups excluding carboxylic acids is 1. The average Bonchev–Trinajstić information content (AvgIpc) is 2.89. The summed E-state index contributed by atoms with van der Waals surface area (Å²) in [6.45, 7) is 9.59. The van der Waals surface area contributed by atoms with Crippen molar-refractivity contribution in [3.05, 3.63) is 59.2 Å². The second kappa shape index (κ2) is 6.68. The Kier molecular flexibility index (Phi) is 4.80. The van der Waals surface area contributed by atoms with Crippen molar-refractivity contribution in [1.82, 2.24) is 5.32 Å². The summed E-state index contributed by atoms with van der Waals surface area (Å²) < 4.78 is 27.8. The summed E-state index contributed by atoms with van der Waals surface area (Å²) in [4.78, 5) is 12.7. The first-order valence-corrected chi connectivity index (χ1v) is 10.5. The fraction of sp³-hybridized carbons (Fsp3) is 0.381. The van der Waals surface area contributed by atoms with E-state index in [1.165, 1.54) is 4.31 Å². The summed E-state index contributed by atoms with van der Waals surface area (Å²) in [5.74, 6) is -0.155. The lowest BCUT2D eigenvalue weighted by Crippen LogP contribution is -2.40. The van der Waals surface area contributed by atoms with Gasteiger partial charge in [0.15, 0.2) is 0 Å². The zero-order valence-corrected chi connectivity index (χ0v) is 17.2. The van der Waals surface area contributed by atoms with Crippen LogP contribution in [0.15, 0.2) is 47.4 Å². The Balaban J connectivity index is 1.96. The van der Waals surface area contributed by atoms with Crippen LogP contribution in [-0.4, -0.2) is 25.9 Å². The third kappa shape index (κ3) is 3.86. The first kappa shape index (κ1) is 19.4. The van der Waals surface area contributed by atoms with Crippen molar-refractivity contribution in [3.8, 4) is 0 Å². The number of hydrogen-bond acceptors (Lipinski definition) is 3. The largest absolute Gasteiger partial charge is 0.347 e. The maximum Gasteiger partial charge on any atom is 0.264 e. The van der Waals surface area contributed by atoms with E-state index in [0.29, 0.717) is 17.7 Å². The fourth-order valence-electron chi connectivity index (χ4n) is 3.35. The smallest absolute Gasteiger partial charge is 0.264 e. The molecule has 27 heavy (non-hydrogen) atoms. The Bertz CT molecular complexity index is 973. The molecule has 0 radical (unpaired) electrons. The first-order valence-electron chi connectivity index (χ1n) is 9.05. The van der Waals surface area contributed by atoms with Crippen LogP contribution in [-0.2, 0) is 16.4 Å². The molecule has 1 heterocycles. The highest BCUT2D eigenvalue weighted by Gasteiger charge is 2.36. The zero-order chi connectivity index (χ0) is 20.0. The topological polar surface area (TPSA) is 66.5 Å². The minimum absolute atomic E-state index is 0.155. The van der Waals surface area contributed by atoms with Crippen LogP contribution in [0, 0.1) is 6.92 Å². The number of fused-ring (bicyclic) bond motifs is 1. The molecule has 0 spiro atoms. The molecule has 0 unspecified atom stereocenters. The third-order valence-electron chi connectivity index (χ3n) is 4.56. The zero-order valence-electron chi connectivity index (χ0n) is 16.4. The Hall–Kier alpha value is -2.34. The number of amides is 1. The molecule has 0 fully saturated rings. The Labute approximate surface area is 161 Å². The molecule has 1 aliphatic heterocycles. The molecule has 1 N–H and O–H groups in total. The van der Waals surface area contributed by atoms with Crippen LogP contribution in [0.5, 0.6) is 0 Å². The number of carbonyl (C=O) groups is 1. The van der Waals surface area contributed by atoms with Crippen LogP contribution in [0.1, 0.15) is 49.2 Å². The highest BCUT2D eigenvalue weighted by Crippen LogP contribution is 2.37. The minimum atomic E-state index is -3.65. The van der Waals surface area contributed by atoms with E-state index in [1.807, 2.05) is 34.6 Å². The molecule has 2 aromatic carbocycles. The van der Waals surface area contributed by atoms with Gasteiger partial charge in [0.1, 0.15) is 0 Å². The predicted octanol–water partition coefficient (Wildman–Crippen LogP) is 3.66. The molecule has 2 aromatic rings. The van der Waals surface area contributed by atoms with Crippen LogP contribution in [0.4, 0.5) is 5.69 Å². The minimum Gasteiger partial charge on any atom is -0.347 e. The first-order chi connectivity index (χ1) is 12.5. The molecule has 0 aliphatic carbocycles. The number of nitrogens with one attached hydrogen (secondary N) is 1. The molecule has 144 valence electrons. The van der Waals surface area contributed by atoms with Crippen molar-refractivity contribution >= 4 is 21.6 Å². The molecular weight excluding hydrogens is 360 g/mol. The average molecular weight is 387 g/mol. The molecule has 5 nitrogen and oxygen atoms in total. The molecule has 1 aliphatic rings. The second-order valence-electron chi connectivity index (χ2n) is 8.21. The normalized spacial score (nSPS) is 16.9. The van der Waals surface area contributed by atoms with Gasteiger partial charge in [-0.05, 0) is 76.9 Å². The fourth-order valence-corrected chi connectivity index (χ4v) is 5.04. The van der Waals surface area contributed by atoms with Gasteiger partial charge in [-0.15, -0.1) is 0 Å². The van der Waals surface area contributed by atoms with E-state index < -0.39 is 10.0 Å². The second-order valence-corrected chi connectivity index (χ2v) is 10.0. The molecule has 0 saturated heterocycles. The molecule has 6 heteroatoms. The van der Waals surface area contributed by atoms with Gasteiger partial charge in [0.2, 0.25) is 0 Å². The van der Waals surface area contributed by atoms with Crippen LogP contribution in [0.25, 0.3) is 0 Å².